The smallest absolute Gasteiger partial charge is 0.345 e. The zero-order chi connectivity index (χ0) is 15.2. The molecule has 21 heavy (non-hydrogen) atoms. The van der Waals surface area contributed by atoms with Crippen molar-refractivity contribution in [1.29, 1.82) is 0 Å². The summed E-state index contributed by atoms with van der Waals surface area (Å²) in [6.45, 7) is 0.727. The Morgan fingerprint density at radius 1 is 1.19 bits per heavy atom. The van der Waals surface area contributed by atoms with Gasteiger partial charge >= 0.3 is 5.97 Å². The van der Waals surface area contributed by atoms with Crippen molar-refractivity contribution in [2.24, 2.45) is 0 Å². The Morgan fingerprint density at radius 2 is 1.90 bits per heavy atom. The van der Waals surface area contributed by atoms with Gasteiger partial charge in [-0.2, -0.15) is 0 Å². The van der Waals surface area contributed by atoms with Crippen LogP contribution in [0.15, 0.2) is 36.4 Å². The second-order valence-corrected chi connectivity index (χ2v) is 5.69. The molecule has 0 spiro atoms. The molecule has 5 heteroatoms. The van der Waals surface area contributed by atoms with Crippen molar-refractivity contribution in [2.75, 3.05) is 25.1 Å². The van der Waals surface area contributed by atoms with Crippen molar-refractivity contribution < 1.29 is 15.0 Å². The Balaban J connectivity index is 2.05. The van der Waals surface area contributed by atoms with Crippen molar-refractivity contribution in [3.8, 4) is 0 Å². The Hall–Kier alpha value is -2.11. The van der Waals surface area contributed by atoms with Gasteiger partial charge in [-0.3, -0.25) is 0 Å². The summed E-state index contributed by atoms with van der Waals surface area (Å²) in [7, 11) is 1.93. The van der Waals surface area contributed by atoms with Crippen LogP contribution < -0.4 is 4.90 Å². The number of thiophene rings is 1. The Kier molecular flexibility index (Phi) is 5.14. The number of carbonyl (C=O) groups is 1. The fraction of sp³-hybridized carbons (Fsp3) is 0.188. The number of rotatable bonds is 6. The number of carboxylic acids is 1. The van der Waals surface area contributed by atoms with Crippen molar-refractivity contribution in [3.63, 3.8) is 0 Å². The fourth-order valence-electron chi connectivity index (χ4n) is 1.85. The molecule has 1 heterocycles. The lowest BCUT2D eigenvalue weighted by atomic mass is 10.2. The number of benzene rings is 1. The first-order chi connectivity index (χ1) is 10.1. The van der Waals surface area contributed by atoms with Gasteiger partial charge in [0.1, 0.15) is 4.88 Å². The number of carboxylic acid groups (broad SMARTS) is 1. The van der Waals surface area contributed by atoms with Gasteiger partial charge in [-0.25, -0.2) is 4.79 Å². The van der Waals surface area contributed by atoms with Gasteiger partial charge in [0.05, 0.1) is 6.61 Å². The van der Waals surface area contributed by atoms with E-state index in [4.69, 9.17) is 10.2 Å². The minimum atomic E-state index is -0.893. The quantitative estimate of drug-likeness (QED) is 0.861. The van der Waals surface area contributed by atoms with E-state index in [0.717, 1.165) is 16.1 Å². The van der Waals surface area contributed by atoms with Crippen LogP contribution in [-0.2, 0) is 0 Å². The van der Waals surface area contributed by atoms with E-state index < -0.39 is 5.97 Å². The topological polar surface area (TPSA) is 60.8 Å². The first kappa shape index (κ1) is 15.3. The molecule has 0 amide bonds. The van der Waals surface area contributed by atoms with Crippen LogP contribution in [0.1, 0.15) is 20.1 Å². The summed E-state index contributed by atoms with van der Waals surface area (Å²) >= 11 is 1.25. The van der Waals surface area contributed by atoms with Gasteiger partial charge in [0.15, 0.2) is 0 Å². The Bertz CT molecular complexity index is 631. The first-order valence-corrected chi connectivity index (χ1v) is 7.35. The minimum absolute atomic E-state index is 0.127. The molecule has 2 rings (SSSR count). The third-order valence-electron chi connectivity index (χ3n) is 3.05. The molecule has 0 atom stereocenters. The summed E-state index contributed by atoms with van der Waals surface area (Å²) in [6, 6.07) is 11.4. The number of aliphatic hydroxyl groups is 1. The number of aromatic carboxylic acids is 1. The summed E-state index contributed by atoms with van der Waals surface area (Å²) < 4.78 is 0. The molecule has 110 valence electrons. The highest BCUT2D eigenvalue weighted by Gasteiger charge is 2.04. The van der Waals surface area contributed by atoms with Crippen LogP contribution in [0, 0.1) is 0 Å². The van der Waals surface area contributed by atoms with Crippen LogP contribution in [0.2, 0.25) is 0 Å². The largest absolute Gasteiger partial charge is 0.477 e. The molecular formula is C16H17NO3S. The van der Waals surface area contributed by atoms with Crippen LogP contribution in [-0.4, -0.2) is 36.4 Å². The fourth-order valence-corrected chi connectivity index (χ4v) is 2.60. The van der Waals surface area contributed by atoms with Crippen molar-refractivity contribution >= 4 is 35.1 Å². The molecular weight excluding hydrogens is 286 g/mol. The number of likely N-dealkylation sites (N-methyl/N-ethyl adjacent to an activating group) is 1. The third kappa shape index (κ3) is 4.18. The Morgan fingerprint density at radius 3 is 2.48 bits per heavy atom. The van der Waals surface area contributed by atoms with E-state index >= 15 is 0 Å². The molecule has 0 radical (unpaired) electrons. The SMILES string of the molecule is CN(CCO)c1ccc(/C=C/c2ccc(C(=O)O)s2)cc1. The number of aliphatic hydroxyl groups excluding tert-OH is 1. The highest BCUT2D eigenvalue weighted by Crippen LogP contribution is 2.20. The maximum absolute atomic E-state index is 10.8. The van der Waals surface area contributed by atoms with Crippen LogP contribution in [0.25, 0.3) is 12.2 Å². The zero-order valence-electron chi connectivity index (χ0n) is 11.7. The molecule has 0 saturated heterocycles. The van der Waals surface area contributed by atoms with Crippen LogP contribution in [0.5, 0.6) is 0 Å². The second kappa shape index (κ2) is 7.06. The molecule has 0 fully saturated rings. The second-order valence-electron chi connectivity index (χ2n) is 4.58. The number of hydrogen-bond donors (Lipinski definition) is 2. The highest BCUT2D eigenvalue weighted by atomic mass is 32.1. The first-order valence-electron chi connectivity index (χ1n) is 6.53. The molecule has 2 aromatic rings. The number of nitrogens with zero attached hydrogens (tertiary/aromatic N) is 1. The lowest BCUT2D eigenvalue weighted by molar-refractivity contribution is 0.0702. The average Bonchev–Trinajstić information content (AvgIpc) is 2.95. The summed E-state index contributed by atoms with van der Waals surface area (Å²) in [5, 5.41) is 17.8. The van der Waals surface area contributed by atoms with E-state index in [0.29, 0.717) is 11.4 Å². The molecule has 4 nitrogen and oxygen atoms in total. The molecule has 2 N–H and O–H groups in total. The molecule has 1 aromatic heterocycles. The van der Waals surface area contributed by atoms with Crippen molar-refractivity contribution in [2.45, 2.75) is 0 Å². The molecule has 0 aliphatic heterocycles. The average molecular weight is 303 g/mol. The van der Waals surface area contributed by atoms with E-state index in [2.05, 4.69) is 0 Å². The van der Waals surface area contributed by atoms with E-state index in [1.807, 2.05) is 48.4 Å². The summed E-state index contributed by atoms with van der Waals surface area (Å²) in [5.74, 6) is -0.893. The van der Waals surface area contributed by atoms with Crippen LogP contribution in [0.3, 0.4) is 0 Å². The van der Waals surface area contributed by atoms with Gasteiger partial charge in [0, 0.05) is 24.2 Å². The zero-order valence-corrected chi connectivity index (χ0v) is 12.5. The molecule has 0 aliphatic rings. The predicted molar refractivity (Wildman–Crippen MR) is 87.0 cm³/mol. The third-order valence-corrected chi connectivity index (χ3v) is 4.09. The van der Waals surface area contributed by atoms with Gasteiger partial charge < -0.3 is 15.1 Å². The van der Waals surface area contributed by atoms with Gasteiger partial charge in [-0.05, 0) is 35.9 Å². The maximum atomic E-state index is 10.8. The molecule has 0 unspecified atom stereocenters. The molecule has 0 bridgehead atoms. The van der Waals surface area contributed by atoms with Gasteiger partial charge in [-0.1, -0.05) is 18.2 Å². The maximum Gasteiger partial charge on any atom is 0.345 e. The summed E-state index contributed by atoms with van der Waals surface area (Å²) in [4.78, 5) is 14.0. The van der Waals surface area contributed by atoms with Gasteiger partial charge in [-0.15, -0.1) is 11.3 Å². The summed E-state index contributed by atoms with van der Waals surface area (Å²) in [5.41, 5.74) is 2.09. The van der Waals surface area contributed by atoms with E-state index in [9.17, 15) is 4.79 Å². The molecule has 1 aromatic carbocycles. The predicted octanol–water partition coefficient (Wildman–Crippen LogP) is 3.05. The van der Waals surface area contributed by atoms with Gasteiger partial charge in [0.2, 0.25) is 0 Å². The molecule has 0 aliphatic carbocycles. The lowest BCUT2D eigenvalue weighted by Gasteiger charge is -2.17. The Labute approximate surface area is 127 Å². The van der Waals surface area contributed by atoms with Crippen molar-refractivity contribution in [1.82, 2.24) is 0 Å². The standard InChI is InChI=1S/C16H17NO3S/c1-17(10-11-18)13-5-2-12(3-6-13)4-7-14-8-9-15(21-14)16(19)20/h2-9,18H,10-11H2,1H3,(H,19,20)/b7-4+. The van der Waals surface area contributed by atoms with E-state index in [1.54, 1.807) is 12.1 Å². The summed E-state index contributed by atoms with van der Waals surface area (Å²) in [6.07, 6.45) is 3.86. The lowest BCUT2D eigenvalue weighted by Crippen LogP contribution is -2.20. The van der Waals surface area contributed by atoms with Gasteiger partial charge in [0.25, 0.3) is 0 Å². The normalized spacial score (nSPS) is 11.0. The van der Waals surface area contributed by atoms with Crippen LogP contribution in [0.4, 0.5) is 5.69 Å². The highest BCUT2D eigenvalue weighted by molar-refractivity contribution is 7.14. The monoisotopic (exact) mass is 303 g/mol. The van der Waals surface area contributed by atoms with E-state index in [-0.39, 0.29) is 6.61 Å². The van der Waals surface area contributed by atoms with E-state index in [1.165, 1.54) is 11.3 Å². The van der Waals surface area contributed by atoms with Crippen LogP contribution >= 0.6 is 11.3 Å². The number of hydrogen-bond acceptors (Lipinski definition) is 4. The minimum Gasteiger partial charge on any atom is -0.477 e. The molecule has 0 saturated carbocycles. The number of anilines is 1. The van der Waals surface area contributed by atoms with Crippen molar-refractivity contribution in [3.05, 3.63) is 51.7 Å².